The molecule has 0 spiro atoms. The molecule has 116 valence electrons. The van der Waals surface area contributed by atoms with Crippen molar-refractivity contribution in [2.24, 2.45) is 0 Å². The molecule has 0 bridgehead atoms. The summed E-state index contributed by atoms with van der Waals surface area (Å²) in [6.45, 7) is 6.91. The van der Waals surface area contributed by atoms with E-state index in [9.17, 15) is 9.59 Å². The maximum Gasteiger partial charge on any atom is 0.272 e. The van der Waals surface area contributed by atoms with Gasteiger partial charge in [-0.1, -0.05) is 12.8 Å². The van der Waals surface area contributed by atoms with E-state index in [1.807, 2.05) is 24.8 Å². The molecular formula is C16H25N3O2. The number of hydrogen-bond acceptors (Lipinski definition) is 3. The van der Waals surface area contributed by atoms with Crippen molar-refractivity contribution in [1.82, 2.24) is 14.7 Å². The molecule has 1 saturated heterocycles. The second kappa shape index (κ2) is 6.87. The van der Waals surface area contributed by atoms with Crippen molar-refractivity contribution in [3.05, 3.63) is 17.5 Å². The van der Waals surface area contributed by atoms with Gasteiger partial charge in [0.2, 0.25) is 0 Å². The van der Waals surface area contributed by atoms with Gasteiger partial charge in [0.15, 0.2) is 0 Å². The molecule has 0 saturated carbocycles. The van der Waals surface area contributed by atoms with Crippen LogP contribution in [0.15, 0.2) is 6.07 Å². The SMILES string of the molecule is CCn1nc(C)cc1C(=O)N1CCCCCC1CC(C)=O. The van der Waals surface area contributed by atoms with Gasteiger partial charge in [0.25, 0.3) is 5.91 Å². The van der Waals surface area contributed by atoms with E-state index < -0.39 is 0 Å². The minimum atomic E-state index is 0.0191. The first kappa shape index (κ1) is 15.7. The first-order valence-electron chi connectivity index (χ1n) is 7.87. The maximum absolute atomic E-state index is 12.9. The van der Waals surface area contributed by atoms with Gasteiger partial charge in [-0.3, -0.25) is 14.3 Å². The van der Waals surface area contributed by atoms with Gasteiger partial charge in [0.1, 0.15) is 11.5 Å². The van der Waals surface area contributed by atoms with E-state index in [4.69, 9.17) is 0 Å². The average Bonchev–Trinajstić information content (AvgIpc) is 2.66. The van der Waals surface area contributed by atoms with E-state index in [0.717, 1.165) is 37.9 Å². The van der Waals surface area contributed by atoms with Gasteiger partial charge < -0.3 is 4.90 Å². The molecule has 1 atom stereocenters. The van der Waals surface area contributed by atoms with Crippen LogP contribution in [0, 0.1) is 6.92 Å². The topological polar surface area (TPSA) is 55.2 Å². The molecule has 5 heteroatoms. The van der Waals surface area contributed by atoms with Gasteiger partial charge in [-0.2, -0.15) is 5.10 Å². The van der Waals surface area contributed by atoms with Crippen LogP contribution in [0.5, 0.6) is 0 Å². The summed E-state index contributed by atoms with van der Waals surface area (Å²) in [6.07, 6.45) is 4.62. The predicted molar refractivity (Wildman–Crippen MR) is 81.2 cm³/mol. The fraction of sp³-hybridized carbons (Fsp3) is 0.688. The highest BCUT2D eigenvalue weighted by atomic mass is 16.2. The molecule has 0 N–H and O–H groups in total. The van der Waals surface area contributed by atoms with Crippen LogP contribution in [0.4, 0.5) is 0 Å². The summed E-state index contributed by atoms with van der Waals surface area (Å²) in [6, 6.07) is 1.89. The number of likely N-dealkylation sites (tertiary alicyclic amines) is 1. The van der Waals surface area contributed by atoms with Crippen molar-refractivity contribution in [3.63, 3.8) is 0 Å². The number of nitrogens with zero attached hydrogens (tertiary/aromatic N) is 3. The Morgan fingerprint density at radius 1 is 1.33 bits per heavy atom. The lowest BCUT2D eigenvalue weighted by Crippen LogP contribution is -2.41. The molecular weight excluding hydrogens is 266 g/mol. The van der Waals surface area contributed by atoms with Crippen molar-refractivity contribution in [2.45, 2.75) is 65.5 Å². The minimum absolute atomic E-state index is 0.0191. The Bertz CT molecular complexity index is 522. The summed E-state index contributed by atoms with van der Waals surface area (Å²) >= 11 is 0. The Morgan fingerprint density at radius 2 is 2.10 bits per heavy atom. The normalized spacial score (nSPS) is 19.4. The van der Waals surface area contributed by atoms with Crippen molar-refractivity contribution in [3.8, 4) is 0 Å². The number of aryl methyl sites for hydroxylation is 2. The van der Waals surface area contributed by atoms with Crippen LogP contribution in [0.2, 0.25) is 0 Å². The Kier molecular flexibility index (Phi) is 5.15. The van der Waals surface area contributed by atoms with Gasteiger partial charge in [-0.15, -0.1) is 0 Å². The minimum Gasteiger partial charge on any atom is -0.334 e. The molecule has 1 aromatic rings. The van der Waals surface area contributed by atoms with E-state index in [2.05, 4.69) is 5.10 Å². The summed E-state index contributed by atoms with van der Waals surface area (Å²) in [5.74, 6) is 0.172. The molecule has 1 amide bonds. The summed E-state index contributed by atoms with van der Waals surface area (Å²) in [5, 5.41) is 4.36. The maximum atomic E-state index is 12.9. The van der Waals surface area contributed by atoms with Gasteiger partial charge in [0.05, 0.1) is 5.69 Å². The zero-order valence-electron chi connectivity index (χ0n) is 13.3. The Morgan fingerprint density at radius 3 is 2.76 bits per heavy atom. The average molecular weight is 291 g/mol. The summed E-state index contributed by atoms with van der Waals surface area (Å²) < 4.78 is 1.76. The number of ketones is 1. The number of aromatic nitrogens is 2. The molecule has 1 aromatic heterocycles. The molecule has 0 aromatic carbocycles. The smallest absolute Gasteiger partial charge is 0.272 e. The van der Waals surface area contributed by atoms with Crippen LogP contribution in [0.3, 0.4) is 0 Å². The lowest BCUT2D eigenvalue weighted by molar-refractivity contribution is -0.118. The number of rotatable bonds is 4. The third-order valence-corrected chi connectivity index (χ3v) is 4.08. The molecule has 0 aliphatic carbocycles. The molecule has 2 rings (SSSR count). The number of carbonyl (C=O) groups excluding carboxylic acids is 2. The van der Waals surface area contributed by atoms with Crippen LogP contribution in [-0.2, 0) is 11.3 Å². The van der Waals surface area contributed by atoms with Gasteiger partial charge >= 0.3 is 0 Å². The molecule has 5 nitrogen and oxygen atoms in total. The highest BCUT2D eigenvalue weighted by molar-refractivity contribution is 5.93. The molecule has 21 heavy (non-hydrogen) atoms. The van der Waals surface area contributed by atoms with E-state index in [0.29, 0.717) is 18.7 Å². The summed E-state index contributed by atoms with van der Waals surface area (Å²) in [4.78, 5) is 26.3. The zero-order valence-corrected chi connectivity index (χ0v) is 13.3. The highest BCUT2D eigenvalue weighted by Gasteiger charge is 2.29. The quantitative estimate of drug-likeness (QED) is 0.856. The van der Waals surface area contributed by atoms with Crippen molar-refractivity contribution >= 4 is 11.7 Å². The van der Waals surface area contributed by atoms with E-state index >= 15 is 0 Å². The molecule has 1 aliphatic rings. The van der Waals surface area contributed by atoms with Crippen molar-refractivity contribution in [1.29, 1.82) is 0 Å². The zero-order chi connectivity index (χ0) is 15.4. The van der Waals surface area contributed by atoms with Crippen molar-refractivity contribution in [2.75, 3.05) is 6.54 Å². The molecule has 1 fully saturated rings. The summed E-state index contributed by atoms with van der Waals surface area (Å²) in [5.41, 5.74) is 1.50. The fourth-order valence-electron chi connectivity index (χ4n) is 3.09. The standard InChI is InChI=1S/C16H25N3O2/c1-4-19-15(10-12(2)17-19)16(21)18-9-7-5-6-8-14(18)11-13(3)20/h10,14H,4-9,11H2,1-3H3. The Labute approximate surface area is 126 Å². The molecule has 0 radical (unpaired) electrons. The third-order valence-electron chi connectivity index (χ3n) is 4.08. The second-order valence-corrected chi connectivity index (χ2v) is 5.89. The van der Waals surface area contributed by atoms with Gasteiger partial charge in [-0.05, 0) is 39.7 Å². The molecule has 1 unspecified atom stereocenters. The highest BCUT2D eigenvalue weighted by Crippen LogP contribution is 2.22. The van der Waals surface area contributed by atoms with Gasteiger partial charge in [0, 0.05) is 25.6 Å². The Hall–Kier alpha value is -1.65. The van der Waals surface area contributed by atoms with E-state index in [1.165, 1.54) is 0 Å². The first-order chi connectivity index (χ1) is 10.0. The first-order valence-corrected chi connectivity index (χ1v) is 7.87. The van der Waals surface area contributed by atoms with Crippen LogP contribution in [0.1, 0.15) is 62.1 Å². The van der Waals surface area contributed by atoms with Crippen LogP contribution in [0.25, 0.3) is 0 Å². The lowest BCUT2D eigenvalue weighted by Gasteiger charge is -2.29. The third kappa shape index (κ3) is 3.71. The van der Waals surface area contributed by atoms with Crippen LogP contribution in [-0.4, -0.2) is 39.0 Å². The Balaban J connectivity index is 2.26. The largest absolute Gasteiger partial charge is 0.334 e. The molecule has 2 heterocycles. The van der Waals surface area contributed by atoms with Gasteiger partial charge in [-0.25, -0.2) is 0 Å². The second-order valence-electron chi connectivity index (χ2n) is 5.89. The number of Topliss-reactive ketones (excluding diaryl/α,β-unsaturated/α-hetero) is 1. The lowest BCUT2D eigenvalue weighted by atomic mass is 10.0. The number of amides is 1. The van der Waals surface area contributed by atoms with E-state index in [1.54, 1.807) is 11.6 Å². The molecule has 1 aliphatic heterocycles. The monoisotopic (exact) mass is 291 g/mol. The van der Waals surface area contributed by atoms with E-state index in [-0.39, 0.29) is 17.7 Å². The summed E-state index contributed by atoms with van der Waals surface area (Å²) in [7, 11) is 0. The predicted octanol–water partition coefficient (Wildman–Crippen LogP) is 2.58. The van der Waals surface area contributed by atoms with Crippen LogP contribution < -0.4 is 0 Å². The number of hydrogen-bond donors (Lipinski definition) is 0. The number of carbonyl (C=O) groups is 2. The van der Waals surface area contributed by atoms with Crippen molar-refractivity contribution < 1.29 is 9.59 Å². The van der Waals surface area contributed by atoms with Crippen LogP contribution >= 0.6 is 0 Å². The fourth-order valence-corrected chi connectivity index (χ4v) is 3.09.